The van der Waals surface area contributed by atoms with Gasteiger partial charge in [-0.25, -0.2) is 4.98 Å². The summed E-state index contributed by atoms with van der Waals surface area (Å²) >= 11 is 1.70. The van der Waals surface area contributed by atoms with E-state index in [9.17, 15) is 0 Å². The Kier molecular flexibility index (Phi) is 2.79. The maximum Gasteiger partial charge on any atom is 0.126 e. The van der Waals surface area contributed by atoms with Crippen LogP contribution in [-0.2, 0) is 0 Å². The fraction of sp³-hybridized carbons (Fsp3) is 0.188. The molecular weight excluding hydrogens is 252 g/mol. The highest BCUT2D eigenvalue weighted by Crippen LogP contribution is 2.35. The molecule has 0 aliphatic heterocycles. The zero-order chi connectivity index (χ0) is 13.6. The lowest BCUT2D eigenvalue weighted by Crippen LogP contribution is -1.94. The lowest BCUT2D eigenvalue weighted by Gasteiger charge is -2.07. The molecule has 2 aromatic carbocycles. The van der Waals surface area contributed by atoms with E-state index in [4.69, 9.17) is 10.7 Å². The molecule has 1 heterocycles. The van der Waals surface area contributed by atoms with Gasteiger partial charge < -0.3 is 5.73 Å². The number of thiazole rings is 1. The van der Waals surface area contributed by atoms with Crippen molar-refractivity contribution in [3.8, 4) is 10.6 Å². The third-order valence-corrected chi connectivity index (χ3v) is 4.37. The third-order valence-electron chi connectivity index (χ3n) is 3.30. The summed E-state index contributed by atoms with van der Waals surface area (Å²) in [6.07, 6.45) is 0. The van der Waals surface area contributed by atoms with Gasteiger partial charge in [-0.1, -0.05) is 17.7 Å². The predicted molar refractivity (Wildman–Crippen MR) is 83.7 cm³/mol. The number of fused-ring (bicyclic) bond motifs is 1. The Balaban J connectivity index is 2.24. The minimum Gasteiger partial charge on any atom is -0.398 e. The lowest BCUT2D eigenvalue weighted by molar-refractivity contribution is 1.37. The van der Waals surface area contributed by atoms with E-state index in [0.29, 0.717) is 0 Å². The van der Waals surface area contributed by atoms with E-state index in [1.54, 1.807) is 11.3 Å². The molecule has 19 heavy (non-hydrogen) atoms. The van der Waals surface area contributed by atoms with Gasteiger partial charge in [0.1, 0.15) is 5.01 Å². The Morgan fingerprint density at radius 2 is 1.79 bits per heavy atom. The number of anilines is 1. The van der Waals surface area contributed by atoms with E-state index >= 15 is 0 Å². The number of rotatable bonds is 1. The van der Waals surface area contributed by atoms with E-state index in [1.165, 1.54) is 15.8 Å². The summed E-state index contributed by atoms with van der Waals surface area (Å²) < 4.78 is 1.21. The fourth-order valence-corrected chi connectivity index (χ4v) is 3.28. The van der Waals surface area contributed by atoms with Gasteiger partial charge in [0.15, 0.2) is 0 Å². The Labute approximate surface area is 116 Å². The van der Waals surface area contributed by atoms with Gasteiger partial charge in [0.25, 0.3) is 0 Å². The molecule has 3 rings (SSSR count). The minimum atomic E-state index is 0.835. The molecule has 96 valence electrons. The van der Waals surface area contributed by atoms with Crippen LogP contribution in [0.25, 0.3) is 20.8 Å². The van der Waals surface area contributed by atoms with Crippen LogP contribution in [0.5, 0.6) is 0 Å². The van der Waals surface area contributed by atoms with Crippen molar-refractivity contribution in [3.05, 3.63) is 47.0 Å². The Morgan fingerprint density at radius 1 is 1.00 bits per heavy atom. The lowest BCUT2D eigenvalue weighted by atomic mass is 10.1. The van der Waals surface area contributed by atoms with Crippen LogP contribution in [0.4, 0.5) is 5.69 Å². The van der Waals surface area contributed by atoms with Gasteiger partial charge in [0, 0.05) is 11.3 Å². The number of hydrogen-bond donors (Lipinski definition) is 1. The van der Waals surface area contributed by atoms with Crippen molar-refractivity contribution >= 4 is 27.2 Å². The van der Waals surface area contributed by atoms with Gasteiger partial charge in [0.05, 0.1) is 10.2 Å². The molecule has 0 saturated heterocycles. The van der Waals surface area contributed by atoms with Gasteiger partial charge >= 0.3 is 0 Å². The normalized spacial score (nSPS) is 11.1. The predicted octanol–water partition coefficient (Wildman–Crippen LogP) is 4.47. The van der Waals surface area contributed by atoms with Crippen molar-refractivity contribution in [1.29, 1.82) is 0 Å². The van der Waals surface area contributed by atoms with Gasteiger partial charge in [-0.15, -0.1) is 11.3 Å². The Morgan fingerprint density at radius 3 is 2.58 bits per heavy atom. The van der Waals surface area contributed by atoms with Crippen molar-refractivity contribution < 1.29 is 0 Å². The largest absolute Gasteiger partial charge is 0.398 e. The maximum absolute atomic E-state index is 6.20. The van der Waals surface area contributed by atoms with E-state index in [0.717, 1.165) is 27.3 Å². The van der Waals surface area contributed by atoms with E-state index in [1.807, 2.05) is 6.92 Å². The van der Waals surface area contributed by atoms with Crippen molar-refractivity contribution in [2.75, 3.05) is 5.73 Å². The van der Waals surface area contributed by atoms with Crippen molar-refractivity contribution in [2.24, 2.45) is 0 Å². The molecule has 3 heteroatoms. The minimum absolute atomic E-state index is 0.835. The van der Waals surface area contributed by atoms with Crippen LogP contribution in [0.2, 0.25) is 0 Å². The number of aromatic nitrogens is 1. The first-order chi connectivity index (χ1) is 9.04. The molecule has 0 aliphatic rings. The first-order valence-electron chi connectivity index (χ1n) is 6.29. The molecule has 0 fully saturated rings. The molecule has 0 unspecified atom stereocenters. The maximum atomic E-state index is 6.20. The Bertz CT molecular complexity index is 772. The summed E-state index contributed by atoms with van der Waals surface area (Å²) in [7, 11) is 0. The molecule has 2 N–H and O–H groups in total. The molecule has 0 radical (unpaired) electrons. The first kappa shape index (κ1) is 12.2. The van der Waals surface area contributed by atoms with Crippen LogP contribution in [0, 0.1) is 20.8 Å². The third kappa shape index (κ3) is 2.10. The van der Waals surface area contributed by atoms with Crippen molar-refractivity contribution in [1.82, 2.24) is 4.98 Å². The molecule has 0 spiro atoms. The molecule has 0 saturated carbocycles. The number of nitrogens with two attached hydrogens (primary N) is 1. The van der Waals surface area contributed by atoms with Crippen LogP contribution in [0.3, 0.4) is 0 Å². The summed E-state index contributed by atoms with van der Waals surface area (Å²) in [5.74, 6) is 0. The smallest absolute Gasteiger partial charge is 0.126 e. The standard InChI is InChI=1S/C16H16N2S/c1-9-4-5-14-13(8-9)18-16(19-14)12-7-10(2)6-11(3)15(12)17/h4-8H,17H2,1-3H3. The van der Waals surface area contributed by atoms with Gasteiger partial charge in [-0.2, -0.15) is 0 Å². The first-order valence-corrected chi connectivity index (χ1v) is 7.10. The van der Waals surface area contributed by atoms with Crippen molar-refractivity contribution in [3.63, 3.8) is 0 Å². The quantitative estimate of drug-likeness (QED) is 0.661. The number of nitrogen functional groups attached to an aromatic ring is 1. The number of nitrogens with zero attached hydrogens (tertiary/aromatic N) is 1. The average molecular weight is 268 g/mol. The molecule has 0 amide bonds. The van der Waals surface area contributed by atoms with Crippen LogP contribution >= 0.6 is 11.3 Å². The van der Waals surface area contributed by atoms with Crippen LogP contribution in [0.1, 0.15) is 16.7 Å². The molecular formula is C16H16N2S. The highest BCUT2D eigenvalue weighted by atomic mass is 32.1. The Hall–Kier alpha value is -1.87. The SMILES string of the molecule is Cc1cc(C)c(N)c(-c2nc3cc(C)ccc3s2)c1. The van der Waals surface area contributed by atoms with E-state index < -0.39 is 0 Å². The summed E-state index contributed by atoms with van der Waals surface area (Å²) in [4.78, 5) is 4.73. The van der Waals surface area contributed by atoms with Gasteiger partial charge in [-0.05, 0) is 50.1 Å². The summed E-state index contributed by atoms with van der Waals surface area (Å²) in [5, 5.41) is 1.00. The van der Waals surface area contributed by atoms with Crippen LogP contribution < -0.4 is 5.73 Å². The second kappa shape index (κ2) is 4.35. The summed E-state index contributed by atoms with van der Waals surface area (Å²) in [5.41, 5.74) is 12.7. The molecule has 0 aliphatic carbocycles. The molecule has 0 atom stereocenters. The number of benzene rings is 2. The monoisotopic (exact) mass is 268 g/mol. The number of aryl methyl sites for hydroxylation is 3. The topological polar surface area (TPSA) is 38.9 Å². The molecule has 1 aromatic heterocycles. The molecule has 0 bridgehead atoms. The highest BCUT2D eigenvalue weighted by Gasteiger charge is 2.11. The van der Waals surface area contributed by atoms with E-state index in [-0.39, 0.29) is 0 Å². The molecule has 3 aromatic rings. The average Bonchev–Trinajstić information content (AvgIpc) is 2.76. The second-order valence-electron chi connectivity index (χ2n) is 5.03. The van der Waals surface area contributed by atoms with Gasteiger partial charge in [-0.3, -0.25) is 0 Å². The highest BCUT2D eigenvalue weighted by molar-refractivity contribution is 7.21. The van der Waals surface area contributed by atoms with Crippen LogP contribution in [-0.4, -0.2) is 4.98 Å². The second-order valence-corrected chi connectivity index (χ2v) is 6.06. The number of hydrogen-bond acceptors (Lipinski definition) is 3. The van der Waals surface area contributed by atoms with Gasteiger partial charge in [0.2, 0.25) is 0 Å². The fourth-order valence-electron chi connectivity index (χ4n) is 2.31. The van der Waals surface area contributed by atoms with E-state index in [2.05, 4.69) is 44.2 Å². The van der Waals surface area contributed by atoms with Crippen LogP contribution in [0.15, 0.2) is 30.3 Å². The zero-order valence-corrected chi connectivity index (χ0v) is 12.1. The van der Waals surface area contributed by atoms with Crippen molar-refractivity contribution in [2.45, 2.75) is 20.8 Å². The summed E-state index contributed by atoms with van der Waals surface area (Å²) in [6, 6.07) is 10.6. The summed E-state index contributed by atoms with van der Waals surface area (Å²) in [6.45, 7) is 6.22. The molecule has 2 nitrogen and oxygen atoms in total. The zero-order valence-electron chi connectivity index (χ0n) is 11.3.